The summed E-state index contributed by atoms with van der Waals surface area (Å²) in [5.41, 5.74) is -0.875. The van der Waals surface area contributed by atoms with Gasteiger partial charge in [-0.3, -0.25) is 4.90 Å². The molecule has 1 fully saturated rings. The number of halogens is 4. The Morgan fingerprint density at radius 2 is 2.03 bits per heavy atom. The van der Waals surface area contributed by atoms with Crippen LogP contribution in [0.4, 0.5) is 18.9 Å². The lowest BCUT2D eigenvalue weighted by Gasteiger charge is -2.32. The molecule has 9 heteroatoms. The van der Waals surface area contributed by atoms with Crippen molar-refractivity contribution in [1.29, 1.82) is 0 Å². The Labute approximate surface area is 192 Å². The first-order valence-electron chi connectivity index (χ1n) is 10.7. The van der Waals surface area contributed by atoms with Crippen LogP contribution < -0.4 is 5.32 Å². The van der Waals surface area contributed by atoms with E-state index in [1.54, 1.807) is 0 Å². The molecule has 1 unspecified atom stereocenters. The standard InChI is InChI=1S/C22H29ClF3N3OS/c23-18-7-8-19(22(24,25)26)20(15-18)27-21(31)29(16-17-5-2-1-3-6-17)10-4-9-28-11-13-30-14-12-28/h1-2,7-8,15,17H,3-6,9-14,16H2,(H,27,31). The largest absolute Gasteiger partial charge is 0.418 e. The van der Waals surface area contributed by atoms with E-state index in [0.29, 0.717) is 17.6 Å². The minimum absolute atomic E-state index is 0.105. The SMILES string of the molecule is FC(F)(F)c1ccc(Cl)cc1NC(=S)N(CCCN1CCOCC1)CC1CC=CCC1. The van der Waals surface area contributed by atoms with Crippen LogP contribution in [0, 0.1) is 5.92 Å². The maximum atomic E-state index is 13.4. The van der Waals surface area contributed by atoms with Crippen molar-refractivity contribution >= 4 is 34.6 Å². The van der Waals surface area contributed by atoms with Crippen LogP contribution in [0.1, 0.15) is 31.2 Å². The highest BCUT2D eigenvalue weighted by Crippen LogP contribution is 2.36. The van der Waals surface area contributed by atoms with Crippen LogP contribution in [0.5, 0.6) is 0 Å². The molecule has 31 heavy (non-hydrogen) atoms. The van der Waals surface area contributed by atoms with Crippen LogP contribution in [-0.2, 0) is 10.9 Å². The van der Waals surface area contributed by atoms with Gasteiger partial charge in [0.2, 0.25) is 0 Å². The van der Waals surface area contributed by atoms with Gasteiger partial charge in [0.25, 0.3) is 0 Å². The zero-order valence-corrected chi connectivity index (χ0v) is 19.0. The van der Waals surface area contributed by atoms with Crippen LogP contribution in [0.2, 0.25) is 5.02 Å². The third-order valence-corrected chi connectivity index (χ3v) is 6.27. The van der Waals surface area contributed by atoms with Gasteiger partial charge in [0.15, 0.2) is 5.11 Å². The Morgan fingerprint density at radius 1 is 1.26 bits per heavy atom. The van der Waals surface area contributed by atoms with Crippen molar-refractivity contribution in [2.75, 3.05) is 51.3 Å². The molecule has 0 amide bonds. The number of nitrogens with one attached hydrogen (secondary N) is 1. The van der Waals surface area contributed by atoms with Crippen LogP contribution in [0.15, 0.2) is 30.4 Å². The highest BCUT2D eigenvalue weighted by molar-refractivity contribution is 7.80. The predicted octanol–water partition coefficient (Wildman–Crippen LogP) is 5.44. The molecule has 1 heterocycles. The quantitative estimate of drug-likeness (QED) is 0.419. The molecule has 0 aromatic heterocycles. The van der Waals surface area contributed by atoms with Gasteiger partial charge in [0.1, 0.15) is 0 Å². The number of hydrogen-bond donors (Lipinski definition) is 1. The predicted molar refractivity (Wildman–Crippen MR) is 123 cm³/mol. The van der Waals surface area contributed by atoms with E-state index in [0.717, 1.165) is 71.1 Å². The van der Waals surface area contributed by atoms with Gasteiger partial charge in [-0.1, -0.05) is 23.8 Å². The number of benzene rings is 1. The average Bonchev–Trinajstić information content (AvgIpc) is 2.73. The van der Waals surface area contributed by atoms with Crippen molar-refractivity contribution in [1.82, 2.24) is 9.80 Å². The van der Waals surface area contributed by atoms with E-state index in [9.17, 15) is 13.2 Å². The van der Waals surface area contributed by atoms with Crippen molar-refractivity contribution in [2.45, 2.75) is 31.9 Å². The van der Waals surface area contributed by atoms with E-state index in [2.05, 4.69) is 22.4 Å². The van der Waals surface area contributed by atoms with Crippen LogP contribution in [0.3, 0.4) is 0 Å². The Bertz CT molecular complexity index is 769. The molecular formula is C22H29ClF3N3OS. The first-order chi connectivity index (χ1) is 14.8. The van der Waals surface area contributed by atoms with Crippen molar-refractivity contribution in [3.8, 4) is 0 Å². The van der Waals surface area contributed by atoms with Crippen LogP contribution in [-0.4, -0.2) is 60.8 Å². The molecule has 1 aromatic rings. The Balaban J connectivity index is 1.67. The number of allylic oxidation sites excluding steroid dienone is 2. The molecule has 4 nitrogen and oxygen atoms in total. The molecule has 1 aliphatic heterocycles. The fourth-order valence-electron chi connectivity index (χ4n) is 3.98. The van der Waals surface area contributed by atoms with E-state index >= 15 is 0 Å². The molecule has 0 radical (unpaired) electrons. The van der Waals surface area contributed by atoms with Crippen molar-refractivity contribution in [3.05, 3.63) is 40.9 Å². The second-order valence-corrected chi connectivity index (χ2v) is 8.85. The van der Waals surface area contributed by atoms with Gasteiger partial charge in [-0.15, -0.1) is 0 Å². The highest BCUT2D eigenvalue weighted by atomic mass is 35.5. The molecular weight excluding hydrogens is 447 g/mol. The first kappa shape index (κ1) is 24.3. The minimum Gasteiger partial charge on any atom is -0.379 e. The van der Waals surface area contributed by atoms with Gasteiger partial charge in [-0.25, -0.2) is 0 Å². The zero-order chi connectivity index (χ0) is 22.3. The van der Waals surface area contributed by atoms with Gasteiger partial charge in [-0.05, 0) is 62.0 Å². The van der Waals surface area contributed by atoms with Gasteiger partial charge >= 0.3 is 6.18 Å². The molecule has 0 bridgehead atoms. The summed E-state index contributed by atoms with van der Waals surface area (Å²) in [6.45, 7) is 5.63. The minimum atomic E-state index is -4.49. The highest BCUT2D eigenvalue weighted by Gasteiger charge is 2.34. The molecule has 0 saturated carbocycles. The molecule has 172 valence electrons. The summed E-state index contributed by atoms with van der Waals surface area (Å²) in [5, 5.41) is 3.38. The van der Waals surface area contributed by atoms with E-state index in [1.807, 2.05) is 4.90 Å². The molecule has 1 saturated heterocycles. The smallest absolute Gasteiger partial charge is 0.379 e. The lowest BCUT2D eigenvalue weighted by atomic mass is 9.94. The monoisotopic (exact) mass is 475 g/mol. The number of morpholine rings is 1. The maximum Gasteiger partial charge on any atom is 0.418 e. The van der Waals surface area contributed by atoms with Gasteiger partial charge < -0.3 is 15.0 Å². The summed E-state index contributed by atoms with van der Waals surface area (Å²) in [6, 6.07) is 3.51. The summed E-state index contributed by atoms with van der Waals surface area (Å²) >= 11 is 11.5. The van der Waals surface area contributed by atoms with Gasteiger partial charge in [0, 0.05) is 37.7 Å². The van der Waals surface area contributed by atoms with Crippen molar-refractivity contribution in [2.24, 2.45) is 5.92 Å². The number of rotatable bonds is 7. The molecule has 1 aliphatic carbocycles. The average molecular weight is 476 g/mol. The van der Waals surface area contributed by atoms with Crippen LogP contribution >= 0.6 is 23.8 Å². The molecule has 1 N–H and O–H groups in total. The zero-order valence-electron chi connectivity index (χ0n) is 17.5. The summed E-state index contributed by atoms with van der Waals surface area (Å²) in [7, 11) is 0. The van der Waals surface area contributed by atoms with Crippen molar-refractivity contribution in [3.63, 3.8) is 0 Å². The molecule has 0 spiro atoms. The number of alkyl halides is 3. The second-order valence-electron chi connectivity index (χ2n) is 8.02. The normalized spacial score (nSPS) is 19.9. The molecule has 1 aromatic carbocycles. The van der Waals surface area contributed by atoms with Gasteiger partial charge in [-0.2, -0.15) is 13.2 Å². The fraction of sp³-hybridized carbons (Fsp3) is 0.591. The first-order valence-corrected chi connectivity index (χ1v) is 11.5. The molecule has 1 atom stereocenters. The maximum absolute atomic E-state index is 13.4. The number of thiocarbonyl (C=S) groups is 1. The van der Waals surface area contributed by atoms with E-state index in [4.69, 9.17) is 28.6 Å². The number of anilines is 1. The second kappa shape index (κ2) is 11.5. The Hall–Kier alpha value is -1.35. The Kier molecular flexibility index (Phi) is 9.01. The fourth-order valence-corrected chi connectivity index (χ4v) is 4.43. The van der Waals surface area contributed by atoms with E-state index in [-0.39, 0.29) is 10.7 Å². The summed E-state index contributed by atoms with van der Waals surface area (Å²) in [4.78, 5) is 4.36. The lowest BCUT2D eigenvalue weighted by Crippen LogP contribution is -2.42. The van der Waals surface area contributed by atoms with E-state index in [1.165, 1.54) is 12.1 Å². The van der Waals surface area contributed by atoms with Gasteiger partial charge in [0.05, 0.1) is 24.5 Å². The topological polar surface area (TPSA) is 27.7 Å². The summed E-state index contributed by atoms with van der Waals surface area (Å²) < 4.78 is 45.7. The number of hydrogen-bond acceptors (Lipinski definition) is 3. The van der Waals surface area contributed by atoms with Crippen LogP contribution in [0.25, 0.3) is 0 Å². The number of ether oxygens (including phenoxy) is 1. The third-order valence-electron chi connectivity index (χ3n) is 5.68. The van der Waals surface area contributed by atoms with Crippen molar-refractivity contribution < 1.29 is 17.9 Å². The molecule has 3 rings (SSSR count). The molecule has 2 aliphatic rings. The van der Waals surface area contributed by atoms with E-state index < -0.39 is 11.7 Å². The Morgan fingerprint density at radius 3 is 2.71 bits per heavy atom. The summed E-state index contributed by atoms with van der Waals surface area (Å²) in [6.07, 6.45) is 3.80. The number of nitrogens with zero attached hydrogens (tertiary/aromatic N) is 2. The summed E-state index contributed by atoms with van der Waals surface area (Å²) in [5.74, 6) is 0.439. The third kappa shape index (κ3) is 7.63. The lowest BCUT2D eigenvalue weighted by molar-refractivity contribution is -0.136.